The van der Waals surface area contributed by atoms with Crippen LogP contribution >= 0.6 is 11.8 Å². The molecule has 0 radical (unpaired) electrons. The molecule has 1 nitrogen and oxygen atoms in total. The van der Waals surface area contributed by atoms with Crippen LogP contribution in [0.1, 0.15) is 12.8 Å². The lowest BCUT2D eigenvalue weighted by Crippen LogP contribution is -2.02. The lowest BCUT2D eigenvalue weighted by Gasteiger charge is -2.09. The van der Waals surface area contributed by atoms with Gasteiger partial charge in [0.25, 0.3) is 0 Å². The normalized spacial score (nSPS) is 25.1. The molecular weight excluding hydrogens is 144 g/mol. The van der Waals surface area contributed by atoms with Gasteiger partial charge in [0.2, 0.25) is 0 Å². The van der Waals surface area contributed by atoms with Crippen molar-refractivity contribution < 1.29 is 5.11 Å². The van der Waals surface area contributed by atoms with Gasteiger partial charge in [0.05, 0.1) is 0 Å². The molecule has 1 rings (SSSR count). The Labute approximate surface area is 66.5 Å². The standard InChI is InChI=1S/C8H14OS/c1-7(2-4-9)8-3-5-10-6-8/h8-9H,1-6H2. The van der Waals surface area contributed by atoms with Crippen LogP contribution in [0.5, 0.6) is 0 Å². The summed E-state index contributed by atoms with van der Waals surface area (Å²) in [6.07, 6.45) is 2.06. The predicted molar refractivity (Wildman–Crippen MR) is 46.3 cm³/mol. The molecule has 0 spiro atoms. The van der Waals surface area contributed by atoms with Crippen LogP contribution in [-0.2, 0) is 0 Å². The first-order valence-corrected chi connectivity index (χ1v) is 4.86. The van der Waals surface area contributed by atoms with E-state index in [2.05, 4.69) is 6.58 Å². The summed E-state index contributed by atoms with van der Waals surface area (Å²) >= 11 is 1.99. The van der Waals surface area contributed by atoms with E-state index in [9.17, 15) is 0 Å². The Balaban J connectivity index is 2.25. The highest BCUT2D eigenvalue weighted by atomic mass is 32.2. The molecule has 10 heavy (non-hydrogen) atoms. The minimum atomic E-state index is 0.264. The highest BCUT2D eigenvalue weighted by Gasteiger charge is 2.17. The summed E-state index contributed by atoms with van der Waals surface area (Å²) in [5.41, 5.74) is 1.24. The molecule has 1 aliphatic rings. The Kier molecular flexibility index (Phi) is 3.29. The first-order valence-electron chi connectivity index (χ1n) is 3.71. The number of hydrogen-bond acceptors (Lipinski definition) is 2. The van der Waals surface area contributed by atoms with E-state index >= 15 is 0 Å². The molecule has 1 unspecified atom stereocenters. The minimum absolute atomic E-state index is 0.264. The molecule has 58 valence electrons. The van der Waals surface area contributed by atoms with Gasteiger partial charge >= 0.3 is 0 Å². The van der Waals surface area contributed by atoms with Gasteiger partial charge in [-0.15, -0.1) is 0 Å². The van der Waals surface area contributed by atoms with Crippen LogP contribution in [-0.4, -0.2) is 23.2 Å². The molecule has 1 heterocycles. The molecular formula is C8H14OS. The van der Waals surface area contributed by atoms with Gasteiger partial charge in [0.15, 0.2) is 0 Å². The molecule has 0 bridgehead atoms. The van der Waals surface area contributed by atoms with Gasteiger partial charge in [0.1, 0.15) is 0 Å². The summed E-state index contributed by atoms with van der Waals surface area (Å²) in [5, 5.41) is 8.63. The first kappa shape index (κ1) is 8.15. The molecule has 1 fully saturated rings. The van der Waals surface area contributed by atoms with Gasteiger partial charge < -0.3 is 5.11 Å². The van der Waals surface area contributed by atoms with Crippen molar-refractivity contribution in [2.45, 2.75) is 12.8 Å². The fourth-order valence-corrected chi connectivity index (χ4v) is 2.51. The number of aliphatic hydroxyl groups is 1. The second-order valence-corrected chi connectivity index (χ2v) is 3.84. The van der Waals surface area contributed by atoms with E-state index in [0.29, 0.717) is 5.92 Å². The Morgan fingerprint density at radius 2 is 2.50 bits per heavy atom. The molecule has 2 heteroatoms. The monoisotopic (exact) mass is 158 g/mol. The number of thioether (sulfide) groups is 1. The smallest absolute Gasteiger partial charge is 0.0468 e. The zero-order chi connectivity index (χ0) is 7.40. The summed E-state index contributed by atoms with van der Waals surface area (Å²) in [7, 11) is 0. The lowest BCUT2D eigenvalue weighted by atomic mass is 9.98. The molecule has 0 aliphatic carbocycles. The van der Waals surface area contributed by atoms with Gasteiger partial charge in [-0.2, -0.15) is 11.8 Å². The van der Waals surface area contributed by atoms with Crippen LogP contribution < -0.4 is 0 Å². The van der Waals surface area contributed by atoms with Crippen molar-refractivity contribution in [3.63, 3.8) is 0 Å². The maximum atomic E-state index is 8.63. The Bertz CT molecular complexity index is 116. The van der Waals surface area contributed by atoms with E-state index in [-0.39, 0.29) is 6.61 Å². The van der Waals surface area contributed by atoms with Crippen LogP contribution in [0.15, 0.2) is 12.2 Å². The zero-order valence-electron chi connectivity index (χ0n) is 6.18. The van der Waals surface area contributed by atoms with Crippen LogP contribution in [0, 0.1) is 5.92 Å². The number of rotatable bonds is 3. The van der Waals surface area contributed by atoms with Crippen molar-refractivity contribution in [2.24, 2.45) is 5.92 Å². The van der Waals surface area contributed by atoms with E-state index < -0.39 is 0 Å². The lowest BCUT2D eigenvalue weighted by molar-refractivity contribution is 0.295. The summed E-state index contributed by atoms with van der Waals surface area (Å²) in [6.45, 7) is 4.22. The quantitative estimate of drug-likeness (QED) is 0.631. The van der Waals surface area contributed by atoms with Crippen LogP contribution in [0.4, 0.5) is 0 Å². The molecule has 1 aliphatic heterocycles. The Morgan fingerprint density at radius 3 is 3.00 bits per heavy atom. The Hall–Kier alpha value is 0.0500. The van der Waals surface area contributed by atoms with Crippen molar-refractivity contribution in [1.29, 1.82) is 0 Å². The highest BCUT2D eigenvalue weighted by molar-refractivity contribution is 7.99. The van der Waals surface area contributed by atoms with E-state index in [4.69, 9.17) is 5.11 Å². The van der Waals surface area contributed by atoms with Crippen molar-refractivity contribution in [3.05, 3.63) is 12.2 Å². The van der Waals surface area contributed by atoms with Crippen molar-refractivity contribution in [1.82, 2.24) is 0 Å². The van der Waals surface area contributed by atoms with Gasteiger partial charge in [-0.1, -0.05) is 12.2 Å². The fraction of sp³-hybridized carbons (Fsp3) is 0.750. The summed E-state index contributed by atoms with van der Waals surface area (Å²) in [4.78, 5) is 0. The van der Waals surface area contributed by atoms with Gasteiger partial charge in [-0.25, -0.2) is 0 Å². The van der Waals surface area contributed by atoms with Crippen molar-refractivity contribution in [3.8, 4) is 0 Å². The third kappa shape index (κ3) is 2.03. The maximum absolute atomic E-state index is 8.63. The van der Waals surface area contributed by atoms with Crippen LogP contribution in [0.2, 0.25) is 0 Å². The van der Waals surface area contributed by atoms with E-state index in [1.165, 1.54) is 23.5 Å². The number of aliphatic hydroxyl groups excluding tert-OH is 1. The molecule has 1 saturated heterocycles. The molecule has 1 N–H and O–H groups in total. The predicted octanol–water partition coefficient (Wildman–Crippen LogP) is 1.68. The third-order valence-electron chi connectivity index (χ3n) is 1.94. The average molecular weight is 158 g/mol. The van der Waals surface area contributed by atoms with Crippen LogP contribution in [0.3, 0.4) is 0 Å². The molecule has 0 aromatic carbocycles. The minimum Gasteiger partial charge on any atom is -0.396 e. The molecule has 0 amide bonds. The largest absolute Gasteiger partial charge is 0.396 e. The third-order valence-corrected chi connectivity index (χ3v) is 3.10. The molecule has 0 aromatic heterocycles. The van der Waals surface area contributed by atoms with Crippen LogP contribution in [0.25, 0.3) is 0 Å². The highest BCUT2D eigenvalue weighted by Crippen LogP contribution is 2.29. The average Bonchev–Trinajstić information content (AvgIpc) is 2.38. The fourth-order valence-electron chi connectivity index (χ4n) is 1.20. The van der Waals surface area contributed by atoms with Gasteiger partial charge in [-0.3, -0.25) is 0 Å². The van der Waals surface area contributed by atoms with E-state index in [1.54, 1.807) is 0 Å². The summed E-state index contributed by atoms with van der Waals surface area (Å²) in [5.74, 6) is 3.19. The topological polar surface area (TPSA) is 20.2 Å². The summed E-state index contributed by atoms with van der Waals surface area (Å²) in [6, 6.07) is 0. The zero-order valence-corrected chi connectivity index (χ0v) is 6.99. The van der Waals surface area contributed by atoms with Crippen molar-refractivity contribution in [2.75, 3.05) is 18.1 Å². The number of hydrogen-bond donors (Lipinski definition) is 1. The van der Waals surface area contributed by atoms with E-state index in [0.717, 1.165) is 6.42 Å². The van der Waals surface area contributed by atoms with Gasteiger partial charge in [-0.05, 0) is 30.3 Å². The SMILES string of the molecule is C=C(CCO)C1CCSC1. The van der Waals surface area contributed by atoms with E-state index in [1.807, 2.05) is 11.8 Å². The Morgan fingerprint density at radius 1 is 1.70 bits per heavy atom. The second-order valence-electron chi connectivity index (χ2n) is 2.69. The maximum Gasteiger partial charge on any atom is 0.0468 e. The molecule has 0 saturated carbocycles. The molecule has 0 aromatic rings. The first-order chi connectivity index (χ1) is 4.84. The van der Waals surface area contributed by atoms with Gasteiger partial charge in [0, 0.05) is 6.61 Å². The van der Waals surface area contributed by atoms with Crippen molar-refractivity contribution >= 4 is 11.8 Å². The summed E-state index contributed by atoms with van der Waals surface area (Å²) < 4.78 is 0. The second kappa shape index (κ2) is 4.04. The molecule has 1 atom stereocenters.